The van der Waals surface area contributed by atoms with E-state index in [1.54, 1.807) is 0 Å². The van der Waals surface area contributed by atoms with E-state index in [2.05, 4.69) is 5.32 Å². The Morgan fingerprint density at radius 1 is 0.677 bits per heavy atom. The minimum Gasteiger partial charge on any atom is -0.349 e. The van der Waals surface area contributed by atoms with Crippen molar-refractivity contribution in [3.8, 4) is 0 Å². The van der Waals surface area contributed by atoms with Gasteiger partial charge in [0.25, 0.3) is 11.8 Å². The van der Waals surface area contributed by atoms with Crippen LogP contribution in [0.15, 0.2) is 84.9 Å². The molecule has 0 bridgehead atoms. The molecule has 0 atom stereocenters. The second-order valence-corrected chi connectivity index (χ2v) is 8.09. The van der Waals surface area contributed by atoms with Gasteiger partial charge in [0.15, 0.2) is 0 Å². The maximum atomic E-state index is 13.1. The molecule has 1 N–H and O–H groups in total. The van der Waals surface area contributed by atoms with E-state index >= 15 is 0 Å². The van der Waals surface area contributed by atoms with Crippen LogP contribution in [0.2, 0.25) is 0 Å². The van der Waals surface area contributed by atoms with Gasteiger partial charge in [-0.05, 0) is 46.5 Å². The SMILES string of the molecule is O=C(NC1CCN(C(=O)c2cccc3ccccc23)CC1)c1cccc2ccccc12. The summed E-state index contributed by atoms with van der Waals surface area (Å²) in [5, 5.41) is 7.27. The van der Waals surface area contributed by atoms with Crippen LogP contribution in [0, 0.1) is 0 Å². The summed E-state index contributed by atoms with van der Waals surface area (Å²) < 4.78 is 0. The number of hydrogen-bond donors (Lipinski definition) is 1. The first-order valence-corrected chi connectivity index (χ1v) is 10.8. The average molecular weight is 409 g/mol. The first kappa shape index (κ1) is 19.3. The van der Waals surface area contributed by atoms with E-state index in [0.717, 1.165) is 39.9 Å². The van der Waals surface area contributed by atoms with E-state index < -0.39 is 0 Å². The molecule has 1 saturated heterocycles. The molecule has 4 heteroatoms. The fourth-order valence-corrected chi connectivity index (χ4v) is 4.50. The number of nitrogens with zero attached hydrogens (tertiary/aromatic N) is 1. The molecule has 1 aliphatic heterocycles. The second kappa shape index (κ2) is 8.23. The molecule has 1 aliphatic rings. The number of hydrogen-bond acceptors (Lipinski definition) is 2. The summed E-state index contributed by atoms with van der Waals surface area (Å²) in [7, 11) is 0. The molecule has 31 heavy (non-hydrogen) atoms. The van der Waals surface area contributed by atoms with Crippen molar-refractivity contribution in [1.82, 2.24) is 10.2 Å². The molecule has 154 valence electrons. The van der Waals surface area contributed by atoms with Crippen molar-refractivity contribution in [2.75, 3.05) is 13.1 Å². The van der Waals surface area contributed by atoms with Crippen molar-refractivity contribution in [3.05, 3.63) is 96.1 Å². The Hall–Kier alpha value is -3.66. The van der Waals surface area contributed by atoms with E-state index in [1.165, 1.54) is 0 Å². The Morgan fingerprint density at radius 3 is 1.84 bits per heavy atom. The standard InChI is InChI=1S/C27H24N2O2/c30-26(24-13-5-9-19-7-1-3-11-22(19)24)28-21-15-17-29(18-16-21)27(31)25-14-6-10-20-8-2-4-12-23(20)25/h1-14,21H,15-18H2,(H,28,30). The normalized spacial score (nSPS) is 14.6. The summed E-state index contributed by atoms with van der Waals surface area (Å²) in [4.78, 5) is 28.0. The maximum Gasteiger partial charge on any atom is 0.254 e. The van der Waals surface area contributed by atoms with Crippen molar-refractivity contribution in [1.29, 1.82) is 0 Å². The van der Waals surface area contributed by atoms with Crippen molar-refractivity contribution >= 4 is 33.4 Å². The third kappa shape index (κ3) is 3.77. The molecular formula is C27H24N2O2. The van der Waals surface area contributed by atoms with Gasteiger partial charge in [0.05, 0.1) is 0 Å². The zero-order chi connectivity index (χ0) is 21.2. The lowest BCUT2D eigenvalue weighted by molar-refractivity contribution is 0.0700. The molecule has 0 saturated carbocycles. The van der Waals surface area contributed by atoms with Crippen LogP contribution in [0.25, 0.3) is 21.5 Å². The lowest BCUT2D eigenvalue weighted by Gasteiger charge is -2.32. The third-order valence-electron chi connectivity index (χ3n) is 6.17. The Kier molecular flexibility index (Phi) is 5.13. The zero-order valence-electron chi connectivity index (χ0n) is 17.3. The molecule has 4 aromatic rings. The van der Waals surface area contributed by atoms with Gasteiger partial charge in [-0.15, -0.1) is 0 Å². The Balaban J connectivity index is 1.26. The molecule has 4 aromatic carbocycles. The highest BCUT2D eigenvalue weighted by atomic mass is 16.2. The smallest absolute Gasteiger partial charge is 0.254 e. The van der Waals surface area contributed by atoms with E-state index in [-0.39, 0.29) is 17.9 Å². The van der Waals surface area contributed by atoms with Gasteiger partial charge in [0.2, 0.25) is 0 Å². The summed E-state index contributed by atoms with van der Waals surface area (Å²) in [6.07, 6.45) is 1.51. The first-order chi connectivity index (χ1) is 15.2. The van der Waals surface area contributed by atoms with E-state index in [0.29, 0.717) is 18.7 Å². The summed E-state index contributed by atoms with van der Waals surface area (Å²) in [5.41, 5.74) is 1.45. The molecule has 0 aromatic heterocycles. The summed E-state index contributed by atoms with van der Waals surface area (Å²) in [6, 6.07) is 27.7. The third-order valence-corrected chi connectivity index (χ3v) is 6.17. The molecule has 1 heterocycles. The van der Waals surface area contributed by atoms with E-state index in [9.17, 15) is 9.59 Å². The Morgan fingerprint density at radius 2 is 1.19 bits per heavy atom. The molecule has 1 fully saturated rings. The number of rotatable bonds is 3. The predicted molar refractivity (Wildman–Crippen MR) is 124 cm³/mol. The minimum absolute atomic E-state index is 0.0457. The lowest BCUT2D eigenvalue weighted by atomic mass is 9.99. The van der Waals surface area contributed by atoms with Crippen LogP contribution in [0.3, 0.4) is 0 Å². The van der Waals surface area contributed by atoms with Crippen LogP contribution in [0.1, 0.15) is 33.6 Å². The highest BCUT2D eigenvalue weighted by molar-refractivity contribution is 6.08. The molecule has 0 aliphatic carbocycles. The maximum absolute atomic E-state index is 13.1. The largest absolute Gasteiger partial charge is 0.349 e. The number of carbonyl (C=O) groups excluding carboxylic acids is 2. The van der Waals surface area contributed by atoms with Crippen LogP contribution < -0.4 is 5.32 Å². The van der Waals surface area contributed by atoms with Crippen LogP contribution >= 0.6 is 0 Å². The van der Waals surface area contributed by atoms with Gasteiger partial charge < -0.3 is 10.2 Å². The summed E-state index contributed by atoms with van der Waals surface area (Å²) in [5.74, 6) is 0.0197. The van der Waals surface area contributed by atoms with Crippen LogP contribution in [0.5, 0.6) is 0 Å². The highest BCUT2D eigenvalue weighted by Crippen LogP contribution is 2.23. The van der Waals surface area contributed by atoms with Crippen molar-refractivity contribution in [3.63, 3.8) is 0 Å². The molecule has 0 unspecified atom stereocenters. The quantitative estimate of drug-likeness (QED) is 0.517. The molecule has 0 radical (unpaired) electrons. The minimum atomic E-state index is -0.0457. The van der Waals surface area contributed by atoms with Gasteiger partial charge in [0.1, 0.15) is 0 Å². The van der Waals surface area contributed by atoms with Crippen molar-refractivity contribution in [2.24, 2.45) is 0 Å². The van der Waals surface area contributed by atoms with Gasteiger partial charge in [0, 0.05) is 30.3 Å². The summed E-state index contributed by atoms with van der Waals surface area (Å²) in [6.45, 7) is 1.28. The van der Waals surface area contributed by atoms with Gasteiger partial charge in [-0.25, -0.2) is 0 Å². The number of benzene rings is 4. The average Bonchev–Trinajstić information content (AvgIpc) is 2.83. The zero-order valence-corrected chi connectivity index (χ0v) is 17.3. The van der Waals surface area contributed by atoms with Crippen molar-refractivity contribution in [2.45, 2.75) is 18.9 Å². The van der Waals surface area contributed by atoms with Crippen LogP contribution in [-0.2, 0) is 0 Å². The molecule has 4 nitrogen and oxygen atoms in total. The topological polar surface area (TPSA) is 49.4 Å². The number of piperidine rings is 1. The number of likely N-dealkylation sites (tertiary alicyclic amines) is 1. The van der Waals surface area contributed by atoms with E-state index in [1.807, 2.05) is 89.8 Å². The van der Waals surface area contributed by atoms with Crippen LogP contribution in [0.4, 0.5) is 0 Å². The van der Waals surface area contributed by atoms with Crippen LogP contribution in [-0.4, -0.2) is 35.8 Å². The Labute approximate surface area is 181 Å². The van der Waals surface area contributed by atoms with Gasteiger partial charge >= 0.3 is 0 Å². The Bertz CT molecular complexity index is 1260. The fraction of sp³-hybridized carbons (Fsp3) is 0.185. The molecular weight excluding hydrogens is 384 g/mol. The monoisotopic (exact) mass is 408 g/mol. The highest BCUT2D eigenvalue weighted by Gasteiger charge is 2.26. The number of carbonyl (C=O) groups is 2. The van der Waals surface area contributed by atoms with Gasteiger partial charge in [-0.2, -0.15) is 0 Å². The number of nitrogens with one attached hydrogen (secondary N) is 1. The number of fused-ring (bicyclic) bond motifs is 2. The first-order valence-electron chi connectivity index (χ1n) is 10.8. The van der Waals surface area contributed by atoms with Gasteiger partial charge in [-0.1, -0.05) is 72.8 Å². The van der Waals surface area contributed by atoms with Crippen molar-refractivity contribution < 1.29 is 9.59 Å². The summed E-state index contributed by atoms with van der Waals surface area (Å²) >= 11 is 0. The van der Waals surface area contributed by atoms with Gasteiger partial charge in [-0.3, -0.25) is 9.59 Å². The van der Waals surface area contributed by atoms with E-state index in [4.69, 9.17) is 0 Å². The predicted octanol–water partition coefficient (Wildman–Crippen LogP) is 5.03. The lowest BCUT2D eigenvalue weighted by Crippen LogP contribution is -2.46. The molecule has 5 rings (SSSR count). The number of amides is 2. The molecule has 0 spiro atoms. The second-order valence-electron chi connectivity index (χ2n) is 8.09. The fourth-order valence-electron chi connectivity index (χ4n) is 4.50. The molecule has 2 amide bonds.